The molecule has 0 atom stereocenters. The summed E-state index contributed by atoms with van der Waals surface area (Å²) in [6.07, 6.45) is 2.64. The van der Waals surface area contributed by atoms with E-state index in [-0.39, 0.29) is 24.8 Å². The number of carbonyl (C=O) groups is 1. The van der Waals surface area contributed by atoms with E-state index < -0.39 is 5.60 Å². The van der Waals surface area contributed by atoms with Gasteiger partial charge < -0.3 is 10.0 Å². The zero-order valence-corrected chi connectivity index (χ0v) is 22.5. The number of aryl methyl sites for hydroxylation is 2. The van der Waals surface area contributed by atoms with Crippen molar-refractivity contribution in [2.24, 2.45) is 0 Å². The first-order valence-corrected chi connectivity index (χ1v) is 12.9. The minimum Gasteiger partial charge on any atom is -0.386 e. The third-order valence-corrected chi connectivity index (χ3v) is 7.44. The van der Waals surface area contributed by atoms with Gasteiger partial charge in [0.1, 0.15) is 11.4 Å². The molecular formula is C26H22Br2FN5O2. The van der Waals surface area contributed by atoms with Gasteiger partial charge in [-0.15, -0.1) is 5.10 Å². The van der Waals surface area contributed by atoms with Crippen LogP contribution in [-0.2, 0) is 6.42 Å². The summed E-state index contributed by atoms with van der Waals surface area (Å²) in [7, 11) is 0. The van der Waals surface area contributed by atoms with Gasteiger partial charge in [-0.05, 0) is 72.1 Å². The van der Waals surface area contributed by atoms with Crippen molar-refractivity contribution in [1.29, 1.82) is 0 Å². The average molecular weight is 615 g/mol. The molecular weight excluding hydrogens is 593 g/mol. The second-order valence-electron chi connectivity index (χ2n) is 8.97. The maximum Gasteiger partial charge on any atom is 0.255 e. The molecule has 0 bridgehead atoms. The fourth-order valence-corrected chi connectivity index (χ4v) is 4.74. The van der Waals surface area contributed by atoms with Gasteiger partial charge in [-0.3, -0.25) is 9.78 Å². The van der Waals surface area contributed by atoms with E-state index in [1.54, 1.807) is 29.3 Å². The van der Waals surface area contributed by atoms with E-state index in [4.69, 9.17) is 0 Å². The summed E-state index contributed by atoms with van der Waals surface area (Å²) in [4.78, 5) is 19.3. The Kier molecular flexibility index (Phi) is 6.76. The van der Waals surface area contributed by atoms with Crippen molar-refractivity contribution in [2.45, 2.75) is 25.4 Å². The molecule has 0 unspecified atom stereocenters. The molecule has 7 nitrogen and oxygen atoms in total. The van der Waals surface area contributed by atoms with Crippen molar-refractivity contribution in [3.05, 3.63) is 92.5 Å². The number of β-amino-alcohol motifs (C(OH)–C–C–N with tert-alkyl or cyclic N) is 1. The van der Waals surface area contributed by atoms with E-state index in [1.807, 2.05) is 37.3 Å². The standard InChI is InChI=1S/C26H22Br2FN5O2/c1-16-21(7-9-24(30-16)17-2-4-18(27)5-3-17)25(35)33-14-26(36,15-33)11-10-19-13-34(32-31-19)20-6-8-22(28)23(29)12-20/h2-9,12-13,36H,10-11,14-15H2,1H3. The summed E-state index contributed by atoms with van der Waals surface area (Å²) in [5, 5.41) is 19.1. The molecule has 0 radical (unpaired) electrons. The number of likely N-dealkylation sites (tertiary alicyclic amines) is 1. The molecule has 0 spiro atoms. The minimum absolute atomic E-state index is 0.143. The lowest BCUT2D eigenvalue weighted by molar-refractivity contribution is -0.0855. The van der Waals surface area contributed by atoms with Gasteiger partial charge in [0, 0.05) is 16.1 Å². The zero-order chi connectivity index (χ0) is 25.4. The van der Waals surface area contributed by atoms with Gasteiger partial charge in [0.15, 0.2) is 0 Å². The van der Waals surface area contributed by atoms with Crippen LogP contribution in [0.2, 0.25) is 0 Å². The summed E-state index contributed by atoms with van der Waals surface area (Å²) >= 11 is 6.57. The predicted molar refractivity (Wildman–Crippen MR) is 140 cm³/mol. The highest BCUT2D eigenvalue weighted by atomic mass is 79.9. The molecule has 3 heterocycles. The molecule has 1 aliphatic heterocycles. The maximum absolute atomic E-state index is 13.8. The highest BCUT2D eigenvalue weighted by Gasteiger charge is 2.43. The second kappa shape index (κ2) is 9.84. The van der Waals surface area contributed by atoms with Crippen LogP contribution in [0.3, 0.4) is 0 Å². The lowest BCUT2D eigenvalue weighted by Crippen LogP contribution is -2.63. The Hall–Kier alpha value is -2.95. The van der Waals surface area contributed by atoms with Gasteiger partial charge in [-0.2, -0.15) is 0 Å². The van der Waals surface area contributed by atoms with Crippen molar-refractivity contribution in [2.75, 3.05) is 13.1 Å². The fraction of sp³-hybridized carbons (Fsp3) is 0.231. The number of hydrogen-bond acceptors (Lipinski definition) is 5. The number of halogens is 3. The number of aromatic nitrogens is 4. The van der Waals surface area contributed by atoms with Crippen LogP contribution in [-0.4, -0.2) is 54.6 Å². The second-order valence-corrected chi connectivity index (χ2v) is 10.7. The van der Waals surface area contributed by atoms with Crippen molar-refractivity contribution in [3.63, 3.8) is 0 Å². The van der Waals surface area contributed by atoms with Crippen molar-refractivity contribution < 1.29 is 14.3 Å². The lowest BCUT2D eigenvalue weighted by atomic mass is 9.87. The average Bonchev–Trinajstić information content (AvgIpc) is 3.32. The largest absolute Gasteiger partial charge is 0.386 e. The Morgan fingerprint density at radius 2 is 1.86 bits per heavy atom. The maximum atomic E-state index is 13.8. The van der Waals surface area contributed by atoms with Crippen LogP contribution in [0.1, 0.15) is 28.2 Å². The number of aliphatic hydroxyl groups is 1. The number of hydrogen-bond donors (Lipinski definition) is 1. The molecule has 1 amide bonds. The van der Waals surface area contributed by atoms with Crippen LogP contribution in [0.25, 0.3) is 16.9 Å². The van der Waals surface area contributed by atoms with Crippen LogP contribution in [0.5, 0.6) is 0 Å². The van der Waals surface area contributed by atoms with Crippen molar-refractivity contribution in [3.8, 4) is 16.9 Å². The highest BCUT2D eigenvalue weighted by molar-refractivity contribution is 9.10. The summed E-state index contributed by atoms with van der Waals surface area (Å²) in [6, 6.07) is 16.2. The first kappa shape index (κ1) is 24.7. The van der Waals surface area contributed by atoms with Gasteiger partial charge >= 0.3 is 0 Å². The topological polar surface area (TPSA) is 84.1 Å². The van der Waals surface area contributed by atoms with Gasteiger partial charge in [-0.1, -0.05) is 33.3 Å². The summed E-state index contributed by atoms with van der Waals surface area (Å²) in [6.45, 7) is 2.31. The van der Waals surface area contributed by atoms with E-state index in [0.717, 1.165) is 15.7 Å². The first-order valence-electron chi connectivity index (χ1n) is 11.3. The molecule has 5 rings (SSSR count). The minimum atomic E-state index is -0.984. The van der Waals surface area contributed by atoms with E-state index in [2.05, 4.69) is 47.2 Å². The molecule has 1 saturated heterocycles. The number of nitrogens with zero attached hydrogens (tertiary/aromatic N) is 5. The summed E-state index contributed by atoms with van der Waals surface area (Å²) in [5.41, 5.74) is 3.21. The molecule has 1 fully saturated rings. The van der Waals surface area contributed by atoms with Crippen molar-refractivity contribution in [1.82, 2.24) is 24.9 Å². The molecule has 0 aliphatic carbocycles. The van der Waals surface area contributed by atoms with Crippen LogP contribution < -0.4 is 0 Å². The Bertz CT molecular complexity index is 1430. The van der Waals surface area contributed by atoms with E-state index in [1.165, 1.54) is 10.7 Å². The quantitative estimate of drug-likeness (QED) is 0.326. The SMILES string of the molecule is Cc1nc(-c2ccc(Br)cc2)ccc1C(=O)N1CC(O)(CCc2cn(-c3ccc(Br)c(F)c3)nn2)C1. The van der Waals surface area contributed by atoms with Gasteiger partial charge in [0.25, 0.3) is 5.91 Å². The fourth-order valence-electron chi connectivity index (χ4n) is 4.23. The van der Waals surface area contributed by atoms with Crippen LogP contribution in [0.15, 0.2) is 69.7 Å². The number of rotatable bonds is 6. The molecule has 184 valence electrons. The summed E-state index contributed by atoms with van der Waals surface area (Å²) in [5.74, 6) is -0.526. The number of benzene rings is 2. The molecule has 2 aromatic carbocycles. The van der Waals surface area contributed by atoms with E-state index in [0.29, 0.717) is 40.0 Å². The molecule has 10 heteroatoms. The Balaban J connectivity index is 1.18. The Labute approximate surface area is 224 Å². The normalized spacial score (nSPS) is 14.5. The van der Waals surface area contributed by atoms with Crippen LogP contribution in [0.4, 0.5) is 4.39 Å². The Morgan fingerprint density at radius 1 is 1.11 bits per heavy atom. The van der Waals surface area contributed by atoms with Crippen LogP contribution in [0, 0.1) is 12.7 Å². The van der Waals surface area contributed by atoms with E-state index in [9.17, 15) is 14.3 Å². The first-order chi connectivity index (χ1) is 17.2. The molecule has 1 aliphatic rings. The van der Waals surface area contributed by atoms with E-state index >= 15 is 0 Å². The van der Waals surface area contributed by atoms with Gasteiger partial charge in [0.2, 0.25) is 0 Å². The number of pyridine rings is 1. The predicted octanol–water partition coefficient (Wildman–Crippen LogP) is 5.12. The number of amides is 1. The lowest BCUT2D eigenvalue weighted by Gasteiger charge is -2.46. The number of carbonyl (C=O) groups excluding carboxylic acids is 1. The Morgan fingerprint density at radius 3 is 2.56 bits per heavy atom. The molecule has 1 N–H and O–H groups in total. The van der Waals surface area contributed by atoms with Crippen LogP contribution >= 0.6 is 31.9 Å². The third-order valence-electron chi connectivity index (χ3n) is 6.27. The highest BCUT2D eigenvalue weighted by Crippen LogP contribution is 2.29. The molecule has 4 aromatic rings. The smallest absolute Gasteiger partial charge is 0.255 e. The monoisotopic (exact) mass is 613 g/mol. The molecule has 2 aromatic heterocycles. The zero-order valence-electron chi connectivity index (χ0n) is 19.3. The molecule has 0 saturated carbocycles. The van der Waals surface area contributed by atoms with Crippen molar-refractivity contribution >= 4 is 37.8 Å². The third kappa shape index (κ3) is 5.11. The molecule has 36 heavy (non-hydrogen) atoms. The van der Waals surface area contributed by atoms with Gasteiger partial charge in [0.05, 0.1) is 52.1 Å². The summed E-state index contributed by atoms with van der Waals surface area (Å²) < 4.78 is 16.7. The van der Waals surface area contributed by atoms with Gasteiger partial charge in [-0.25, -0.2) is 9.07 Å².